The lowest BCUT2D eigenvalue weighted by Crippen LogP contribution is -2.56. The maximum absolute atomic E-state index is 13.5. The molecule has 1 unspecified atom stereocenters. The lowest BCUT2D eigenvalue weighted by Gasteiger charge is -2.35. The molecule has 0 bridgehead atoms. The molecule has 0 saturated carbocycles. The van der Waals surface area contributed by atoms with E-state index in [-0.39, 0.29) is 30.0 Å². The van der Waals surface area contributed by atoms with E-state index in [4.69, 9.17) is 9.84 Å². The highest BCUT2D eigenvalue weighted by molar-refractivity contribution is 5.72. The second-order valence-corrected chi connectivity index (χ2v) is 11.7. The second kappa shape index (κ2) is 29.3. The summed E-state index contributed by atoms with van der Waals surface area (Å²) in [6.45, 7) is 6.47. The van der Waals surface area contributed by atoms with Crippen LogP contribution in [0.3, 0.4) is 0 Å². The van der Waals surface area contributed by atoms with Crippen molar-refractivity contribution >= 4 is 11.9 Å². The van der Waals surface area contributed by atoms with Crippen molar-refractivity contribution < 1.29 is 29.0 Å². The van der Waals surface area contributed by atoms with Crippen LogP contribution in [0, 0.1) is 0 Å². The molecule has 0 radical (unpaired) electrons. The maximum Gasteiger partial charge on any atom is 0.317 e. The number of rotatable bonds is 31. The van der Waals surface area contributed by atoms with Crippen molar-refractivity contribution in [3.8, 4) is 0 Å². The minimum atomic E-state index is -0.865. The van der Waals surface area contributed by atoms with Crippen molar-refractivity contribution in [2.75, 3.05) is 39.5 Å². The SMILES string of the molecule is CCCCCCCCCC=CCC(=O)[N+](CCCCCCCCCCCCCC)(CCOCCO)CCC(=O)O. The van der Waals surface area contributed by atoms with E-state index < -0.39 is 5.97 Å². The molecule has 0 rings (SSSR count). The minimum absolute atomic E-state index is 0.0221. The number of nitrogens with zero attached hydrogens (tertiary/aromatic N) is 1. The number of carbonyl (C=O) groups excluding carboxylic acids is 1. The smallest absolute Gasteiger partial charge is 0.317 e. The van der Waals surface area contributed by atoms with Gasteiger partial charge in [0, 0.05) is 0 Å². The summed E-state index contributed by atoms with van der Waals surface area (Å²) >= 11 is 0. The first kappa shape index (κ1) is 38.8. The predicted octanol–water partition coefficient (Wildman–Crippen LogP) is 8.60. The van der Waals surface area contributed by atoms with Gasteiger partial charge in [-0.2, -0.15) is 0 Å². The topological polar surface area (TPSA) is 83.8 Å². The number of hydrogen-bond acceptors (Lipinski definition) is 4. The summed E-state index contributed by atoms with van der Waals surface area (Å²) in [4.78, 5) is 25.0. The molecule has 0 aromatic carbocycles. The number of amides is 1. The Balaban J connectivity index is 4.68. The zero-order valence-electron chi connectivity index (χ0n) is 26.5. The minimum Gasteiger partial charge on any atom is -0.481 e. The Bertz CT molecular complexity index is 609. The molecule has 0 fully saturated rings. The quantitative estimate of drug-likeness (QED) is 0.0497. The monoisotopic (exact) mass is 568 g/mol. The van der Waals surface area contributed by atoms with Gasteiger partial charge in [0.25, 0.3) is 0 Å². The van der Waals surface area contributed by atoms with Gasteiger partial charge in [-0.25, -0.2) is 4.79 Å². The van der Waals surface area contributed by atoms with E-state index in [1.807, 2.05) is 6.08 Å². The fourth-order valence-electron chi connectivity index (χ4n) is 5.40. The Morgan fingerprint density at radius 1 is 0.625 bits per heavy atom. The molecule has 0 aliphatic heterocycles. The van der Waals surface area contributed by atoms with Crippen LogP contribution >= 0.6 is 0 Å². The normalized spacial score (nSPS) is 13.2. The lowest BCUT2D eigenvalue weighted by atomic mass is 10.0. The molecule has 6 heteroatoms. The van der Waals surface area contributed by atoms with Gasteiger partial charge in [-0.3, -0.25) is 9.28 Å². The molecule has 0 saturated heterocycles. The Morgan fingerprint density at radius 2 is 1.12 bits per heavy atom. The molecule has 1 amide bonds. The third kappa shape index (κ3) is 23.5. The number of ether oxygens (including phenoxy) is 1. The first-order valence-electron chi connectivity index (χ1n) is 17.0. The highest BCUT2D eigenvalue weighted by Crippen LogP contribution is 2.18. The Morgan fingerprint density at radius 3 is 1.62 bits per heavy atom. The van der Waals surface area contributed by atoms with Gasteiger partial charge in [-0.15, -0.1) is 0 Å². The van der Waals surface area contributed by atoms with Gasteiger partial charge in [0.05, 0.1) is 45.8 Å². The van der Waals surface area contributed by atoms with Crippen LogP contribution < -0.4 is 0 Å². The molecule has 1 atom stereocenters. The predicted molar refractivity (Wildman–Crippen MR) is 167 cm³/mol. The Kier molecular flexibility index (Phi) is 28.4. The lowest BCUT2D eigenvalue weighted by molar-refractivity contribution is -0.855. The zero-order valence-corrected chi connectivity index (χ0v) is 26.5. The summed E-state index contributed by atoms with van der Waals surface area (Å²) < 4.78 is 5.69. The fraction of sp³-hybridized carbons (Fsp3) is 0.882. The van der Waals surface area contributed by atoms with E-state index >= 15 is 0 Å². The second-order valence-electron chi connectivity index (χ2n) is 11.7. The summed E-state index contributed by atoms with van der Waals surface area (Å²) in [6, 6.07) is 0. The number of unbranched alkanes of at least 4 members (excludes halogenated alkanes) is 18. The number of allylic oxidation sites excluding steroid dienone is 1. The van der Waals surface area contributed by atoms with Gasteiger partial charge in [-0.05, 0) is 25.7 Å². The summed E-state index contributed by atoms with van der Waals surface area (Å²) in [5.41, 5.74) is 0. The summed E-state index contributed by atoms with van der Waals surface area (Å²) in [6.07, 6.45) is 29.5. The molecule has 0 heterocycles. The van der Waals surface area contributed by atoms with Crippen molar-refractivity contribution in [1.82, 2.24) is 0 Å². The van der Waals surface area contributed by atoms with Gasteiger partial charge in [0.2, 0.25) is 0 Å². The third-order valence-electron chi connectivity index (χ3n) is 8.06. The Labute approximate surface area is 247 Å². The molecule has 6 nitrogen and oxygen atoms in total. The van der Waals surface area contributed by atoms with E-state index in [1.165, 1.54) is 103 Å². The van der Waals surface area contributed by atoms with Gasteiger partial charge < -0.3 is 14.9 Å². The van der Waals surface area contributed by atoms with Crippen LogP contribution in [0.5, 0.6) is 0 Å². The first-order valence-corrected chi connectivity index (χ1v) is 17.0. The molecular formula is C34H66NO5+. The fourth-order valence-corrected chi connectivity index (χ4v) is 5.40. The Hall–Kier alpha value is -1.24. The number of aliphatic hydroxyl groups excluding tert-OH is 1. The number of hydrogen-bond donors (Lipinski definition) is 2. The molecule has 40 heavy (non-hydrogen) atoms. The third-order valence-corrected chi connectivity index (χ3v) is 8.06. The highest BCUT2D eigenvalue weighted by Gasteiger charge is 2.35. The highest BCUT2D eigenvalue weighted by atomic mass is 16.5. The van der Waals surface area contributed by atoms with Gasteiger partial charge in [0.15, 0.2) is 0 Å². The number of carboxylic acid groups (broad SMARTS) is 1. The molecular weight excluding hydrogens is 502 g/mol. The molecule has 2 N–H and O–H groups in total. The van der Waals surface area contributed by atoms with Crippen LogP contribution in [-0.2, 0) is 14.3 Å². The number of carbonyl (C=O) groups is 2. The van der Waals surface area contributed by atoms with Crippen molar-refractivity contribution in [3.05, 3.63) is 12.2 Å². The summed E-state index contributed by atoms with van der Waals surface area (Å²) in [5, 5.41) is 18.5. The van der Waals surface area contributed by atoms with E-state index in [0.717, 1.165) is 25.7 Å². The molecule has 0 aliphatic rings. The van der Waals surface area contributed by atoms with Gasteiger partial charge in [0.1, 0.15) is 6.54 Å². The largest absolute Gasteiger partial charge is 0.481 e. The van der Waals surface area contributed by atoms with Crippen molar-refractivity contribution in [2.45, 2.75) is 155 Å². The van der Waals surface area contributed by atoms with Crippen molar-refractivity contribution in [3.63, 3.8) is 0 Å². The van der Waals surface area contributed by atoms with Gasteiger partial charge in [-0.1, -0.05) is 129 Å². The number of carboxylic acids is 1. The summed E-state index contributed by atoms with van der Waals surface area (Å²) in [5.74, 6) is -0.775. The summed E-state index contributed by atoms with van der Waals surface area (Å²) in [7, 11) is 0. The molecule has 0 aromatic heterocycles. The van der Waals surface area contributed by atoms with Crippen molar-refractivity contribution in [2.24, 2.45) is 0 Å². The molecule has 0 aliphatic carbocycles. The van der Waals surface area contributed by atoms with Crippen LogP contribution in [0.2, 0.25) is 0 Å². The van der Waals surface area contributed by atoms with E-state index in [1.54, 1.807) is 0 Å². The van der Waals surface area contributed by atoms with Crippen LogP contribution in [0.4, 0.5) is 0 Å². The van der Waals surface area contributed by atoms with Crippen LogP contribution in [0.25, 0.3) is 0 Å². The van der Waals surface area contributed by atoms with Crippen LogP contribution in [0.15, 0.2) is 12.2 Å². The molecule has 236 valence electrons. The number of quaternary nitrogens is 1. The standard InChI is InChI=1S/C34H65NO5/c1-3-5-7-9-11-13-15-16-18-20-22-24-27-35(28-26-34(38)39,29-31-40-32-30-36)33(37)25-23-21-19-17-14-12-10-8-6-4-2/h21,23,36H,3-20,22,24-32H2,1-2H3/p+1. The van der Waals surface area contributed by atoms with Crippen molar-refractivity contribution in [1.29, 1.82) is 0 Å². The number of aliphatic hydroxyl groups is 1. The van der Waals surface area contributed by atoms with Crippen LogP contribution in [-0.4, -0.2) is 66.0 Å². The maximum atomic E-state index is 13.5. The van der Waals surface area contributed by atoms with Gasteiger partial charge >= 0.3 is 11.9 Å². The van der Waals surface area contributed by atoms with E-state index in [0.29, 0.717) is 32.7 Å². The molecule has 0 spiro atoms. The zero-order chi connectivity index (χ0) is 29.6. The average molecular weight is 569 g/mol. The average Bonchev–Trinajstić information content (AvgIpc) is 2.95. The molecule has 0 aromatic rings. The van der Waals surface area contributed by atoms with E-state index in [9.17, 15) is 14.7 Å². The van der Waals surface area contributed by atoms with Crippen LogP contribution in [0.1, 0.15) is 155 Å². The first-order chi connectivity index (χ1) is 19.5. The number of aliphatic carboxylic acids is 1. The van der Waals surface area contributed by atoms with E-state index in [2.05, 4.69) is 19.9 Å².